The standard InChI is InChI=1S/C34H36O2/c1-3-23(2)24-17-18-26-22-28(20-19-25(26)21-24)36-34(35-27-11-5-4-6-12-27)33-31-15-9-7-13-29(31)30-14-8-10-16-32(30)33/h7-10,13-23,27,33-34H,3-6,11-12H2,1-2H3. The SMILES string of the molecule is CCC(C)c1ccc2cc(OC(OC3CCCCC3)C3c4ccccc4-c4ccccc43)ccc2c1. The van der Waals surface area contributed by atoms with Gasteiger partial charge in [0.2, 0.25) is 6.29 Å². The summed E-state index contributed by atoms with van der Waals surface area (Å²) in [5.41, 5.74) is 6.61. The molecule has 2 nitrogen and oxygen atoms in total. The van der Waals surface area contributed by atoms with Crippen molar-refractivity contribution in [2.24, 2.45) is 0 Å². The number of hydrogen-bond donors (Lipinski definition) is 0. The van der Waals surface area contributed by atoms with Crippen LogP contribution in [0.3, 0.4) is 0 Å². The first-order chi connectivity index (χ1) is 17.7. The molecular weight excluding hydrogens is 440 g/mol. The van der Waals surface area contributed by atoms with Crippen LogP contribution in [0.15, 0.2) is 84.9 Å². The second kappa shape index (κ2) is 10.1. The van der Waals surface area contributed by atoms with E-state index in [0.29, 0.717) is 5.92 Å². The van der Waals surface area contributed by atoms with Crippen molar-refractivity contribution in [3.63, 3.8) is 0 Å². The van der Waals surface area contributed by atoms with Crippen molar-refractivity contribution in [2.45, 2.75) is 76.6 Å². The van der Waals surface area contributed by atoms with Crippen molar-refractivity contribution in [1.29, 1.82) is 0 Å². The minimum Gasteiger partial charge on any atom is -0.464 e. The molecule has 2 aliphatic rings. The van der Waals surface area contributed by atoms with Crippen LogP contribution in [0, 0.1) is 0 Å². The maximum Gasteiger partial charge on any atom is 0.211 e. The van der Waals surface area contributed by atoms with Gasteiger partial charge in [-0.1, -0.05) is 106 Å². The van der Waals surface area contributed by atoms with E-state index in [1.807, 2.05) is 0 Å². The van der Waals surface area contributed by atoms with Gasteiger partial charge in [0.05, 0.1) is 12.0 Å². The summed E-state index contributed by atoms with van der Waals surface area (Å²) in [5, 5.41) is 2.48. The zero-order chi connectivity index (χ0) is 24.5. The van der Waals surface area contributed by atoms with Crippen LogP contribution in [0.1, 0.15) is 80.9 Å². The highest BCUT2D eigenvalue weighted by Crippen LogP contribution is 2.47. The highest BCUT2D eigenvalue weighted by atomic mass is 16.7. The van der Waals surface area contributed by atoms with Crippen LogP contribution in [-0.2, 0) is 4.74 Å². The number of hydrogen-bond acceptors (Lipinski definition) is 2. The monoisotopic (exact) mass is 476 g/mol. The van der Waals surface area contributed by atoms with Crippen LogP contribution < -0.4 is 4.74 Å². The molecule has 4 aromatic carbocycles. The summed E-state index contributed by atoms with van der Waals surface area (Å²) in [6.45, 7) is 4.54. The van der Waals surface area contributed by atoms with Crippen molar-refractivity contribution in [3.05, 3.63) is 102 Å². The van der Waals surface area contributed by atoms with E-state index >= 15 is 0 Å². The Labute approximate surface area is 215 Å². The molecule has 184 valence electrons. The number of benzene rings is 4. The quantitative estimate of drug-likeness (QED) is 0.247. The molecule has 0 heterocycles. The third-order valence-corrected chi connectivity index (χ3v) is 8.30. The van der Waals surface area contributed by atoms with Crippen LogP contribution in [0.2, 0.25) is 0 Å². The largest absolute Gasteiger partial charge is 0.464 e. The van der Waals surface area contributed by atoms with E-state index in [9.17, 15) is 0 Å². The highest BCUT2D eigenvalue weighted by Gasteiger charge is 2.37. The van der Waals surface area contributed by atoms with E-state index in [2.05, 4.69) is 98.8 Å². The van der Waals surface area contributed by atoms with Crippen LogP contribution in [0.5, 0.6) is 5.75 Å². The average molecular weight is 477 g/mol. The smallest absolute Gasteiger partial charge is 0.211 e. The molecule has 2 heteroatoms. The molecular formula is C34H36O2. The van der Waals surface area contributed by atoms with Gasteiger partial charge in [-0.05, 0) is 75.9 Å². The molecule has 1 fully saturated rings. The fourth-order valence-electron chi connectivity index (χ4n) is 6.04. The summed E-state index contributed by atoms with van der Waals surface area (Å²) in [7, 11) is 0. The Morgan fingerprint density at radius 3 is 2.08 bits per heavy atom. The molecule has 0 aliphatic heterocycles. The summed E-state index contributed by atoms with van der Waals surface area (Å²) in [4.78, 5) is 0. The molecule has 0 amide bonds. The number of fused-ring (bicyclic) bond motifs is 4. The van der Waals surface area contributed by atoms with E-state index < -0.39 is 0 Å². The molecule has 36 heavy (non-hydrogen) atoms. The third-order valence-electron chi connectivity index (χ3n) is 8.30. The first-order valence-electron chi connectivity index (χ1n) is 13.8. The van der Waals surface area contributed by atoms with Crippen molar-refractivity contribution >= 4 is 10.8 Å². The maximum absolute atomic E-state index is 6.85. The molecule has 0 N–H and O–H groups in total. The van der Waals surface area contributed by atoms with Crippen molar-refractivity contribution in [2.75, 3.05) is 0 Å². The maximum atomic E-state index is 6.85. The zero-order valence-corrected chi connectivity index (χ0v) is 21.5. The second-order valence-electron chi connectivity index (χ2n) is 10.6. The second-order valence-corrected chi connectivity index (χ2v) is 10.6. The predicted molar refractivity (Wildman–Crippen MR) is 149 cm³/mol. The van der Waals surface area contributed by atoms with Crippen molar-refractivity contribution < 1.29 is 9.47 Å². The van der Waals surface area contributed by atoms with Gasteiger partial charge in [-0.3, -0.25) is 0 Å². The van der Waals surface area contributed by atoms with Gasteiger partial charge in [-0.15, -0.1) is 0 Å². The van der Waals surface area contributed by atoms with Gasteiger partial charge in [0.1, 0.15) is 5.75 Å². The Bertz CT molecular complexity index is 1300. The molecule has 0 saturated heterocycles. The van der Waals surface area contributed by atoms with Crippen LogP contribution in [0.25, 0.3) is 21.9 Å². The summed E-state index contributed by atoms with van der Waals surface area (Å²) in [5.74, 6) is 1.50. The Morgan fingerprint density at radius 1 is 0.750 bits per heavy atom. The van der Waals surface area contributed by atoms with Crippen LogP contribution in [-0.4, -0.2) is 12.4 Å². The van der Waals surface area contributed by atoms with Gasteiger partial charge >= 0.3 is 0 Å². The minimum atomic E-state index is -0.366. The molecule has 0 radical (unpaired) electrons. The lowest BCUT2D eigenvalue weighted by Crippen LogP contribution is -2.33. The number of ether oxygens (including phenoxy) is 2. The van der Waals surface area contributed by atoms with Gasteiger partial charge in [0.25, 0.3) is 0 Å². The topological polar surface area (TPSA) is 18.5 Å². The van der Waals surface area contributed by atoms with E-state index in [-0.39, 0.29) is 18.3 Å². The molecule has 2 unspecified atom stereocenters. The molecule has 4 aromatic rings. The fourth-order valence-corrected chi connectivity index (χ4v) is 6.04. The predicted octanol–water partition coefficient (Wildman–Crippen LogP) is 9.22. The molecule has 0 aromatic heterocycles. The van der Waals surface area contributed by atoms with E-state index in [4.69, 9.17) is 9.47 Å². The third kappa shape index (κ3) is 4.44. The average Bonchev–Trinajstić information content (AvgIpc) is 3.27. The Hall–Kier alpha value is -3.10. The van der Waals surface area contributed by atoms with E-state index in [1.165, 1.54) is 57.9 Å². The Morgan fingerprint density at radius 2 is 1.39 bits per heavy atom. The van der Waals surface area contributed by atoms with Gasteiger partial charge in [-0.25, -0.2) is 0 Å². The lowest BCUT2D eigenvalue weighted by atomic mass is 9.94. The van der Waals surface area contributed by atoms with Crippen molar-refractivity contribution in [3.8, 4) is 16.9 Å². The zero-order valence-electron chi connectivity index (χ0n) is 21.5. The number of rotatable bonds is 7. The molecule has 6 rings (SSSR count). The Kier molecular flexibility index (Phi) is 6.54. The fraction of sp³-hybridized carbons (Fsp3) is 0.353. The molecule has 1 saturated carbocycles. The summed E-state index contributed by atoms with van der Waals surface area (Å²) in [6.07, 6.45) is 7.06. The van der Waals surface area contributed by atoms with Gasteiger partial charge in [0, 0.05) is 0 Å². The molecule has 0 bridgehead atoms. The van der Waals surface area contributed by atoms with Crippen molar-refractivity contribution in [1.82, 2.24) is 0 Å². The van der Waals surface area contributed by atoms with Crippen LogP contribution in [0.4, 0.5) is 0 Å². The summed E-state index contributed by atoms with van der Waals surface area (Å²) >= 11 is 0. The summed E-state index contributed by atoms with van der Waals surface area (Å²) in [6, 6.07) is 30.8. The van der Waals surface area contributed by atoms with E-state index in [1.54, 1.807) is 0 Å². The van der Waals surface area contributed by atoms with Gasteiger partial charge in [0.15, 0.2) is 0 Å². The molecule has 2 atom stereocenters. The first-order valence-corrected chi connectivity index (χ1v) is 13.8. The van der Waals surface area contributed by atoms with E-state index in [0.717, 1.165) is 25.0 Å². The normalized spacial score (nSPS) is 17.5. The highest BCUT2D eigenvalue weighted by molar-refractivity contribution is 5.84. The van der Waals surface area contributed by atoms with Crippen LogP contribution >= 0.6 is 0 Å². The first kappa shape index (κ1) is 23.3. The molecule has 0 spiro atoms. The lowest BCUT2D eigenvalue weighted by Gasteiger charge is -2.32. The van der Waals surface area contributed by atoms with Gasteiger partial charge in [-0.2, -0.15) is 0 Å². The van der Waals surface area contributed by atoms with Gasteiger partial charge < -0.3 is 9.47 Å². The molecule has 2 aliphatic carbocycles. The lowest BCUT2D eigenvalue weighted by molar-refractivity contribution is -0.134. The summed E-state index contributed by atoms with van der Waals surface area (Å²) < 4.78 is 13.6. The Balaban J connectivity index is 1.36. The minimum absolute atomic E-state index is 0.0582.